The van der Waals surface area contributed by atoms with E-state index in [1.807, 2.05) is 0 Å². The van der Waals surface area contributed by atoms with Crippen molar-refractivity contribution in [1.82, 2.24) is 20.0 Å². The van der Waals surface area contributed by atoms with Crippen molar-refractivity contribution in [2.75, 3.05) is 39.8 Å². The normalized spacial score (nSPS) is 31.4. The zero-order valence-electron chi connectivity index (χ0n) is 12.4. The number of amides is 3. The number of nitrogens with one attached hydrogen (secondary N) is 1. The van der Waals surface area contributed by atoms with E-state index >= 15 is 0 Å². The number of ether oxygens (including phenoxy) is 1. The van der Waals surface area contributed by atoms with Crippen molar-refractivity contribution < 1.29 is 24.2 Å². The molecule has 3 amide bonds. The van der Waals surface area contributed by atoms with Crippen LogP contribution in [-0.4, -0.2) is 95.9 Å². The standard InChI is InChI=1S/C13H20N4O5/c1-22-11(18)10-4-8(5-14-10)17-7-9-6-15(13(20)21)2-3-16(9)12(17)19/h8-10,14H,2-7H2,1H3,(H,20,21)/t8-,9+,10-/m1/s1. The summed E-state index contributed by atoms with van der Waals surface area (Å²) in [6.45, 7) is 2.17. The van der Waals surface area contributed by atoms with Crippen molar-refractivity contribution in [3.63, 3.8) is 0 Å². The molecule has 0 unspecified atom stereocenters. The van der Waals surface area contributed by atoms with E-state index in [0.717, 1.165) is 0 Å². The zero-order chi connectivity index (χ0) is 15.9. The number of methoxy groups -OCH3 is 1. The van der Waals surface area contributed by atoms with Gasteiger partial charge in [-0.2, -0.15) is 0 Å². The van der Waals surface area contributed by atoms with Crippen LogP contribution in [0.4, 0.5) is 9.59 Å². The van der Waals surface area contributed by atoms with Crippen LogP contribution < -0.4 is 5.32 Å². The van der Waals surface area contributed by atoms with Crippen molar-refractivity contribution in [1.29, 1.82) is 0 Å². The minimum atomic E-state index is -0.946. The maximum Gasteiger partial charge on any atom is 0.407 e. The lowest BCUT2D eigenvalue weighted by Crippen LogP contribution is -2.53. The van der Waals surface area contributed by atoms with Crippen LogP contribution in [0, 0.1) is 0 Å². The van der Waals surface area contributed by atoms with Gasteiger partial charge in [0.15, 0.2) is 0 Å². The molecule has 3 atom stereocenters. The van der Waals surface area contributed by atoms with Crippen molar-refractivity contribution in [2.45, 2.75) is 24.5 Å². The van der Waals surface area contributed by atoms with Gasteiger partial charge in [0.25, 0.3) is 0 Å². The lowest BCUT2D eigenvalue weighted by molar-refractivity contribution is -0.142. The molecule has 3 fully saturated rings. The van der Waals surface area contributed by atoms with Crippen LogP contribution in [0.25, 0.3) is 0 Å². The van der Waals surface area contributed by atoms with E-state index in [9.17, 15) is 14.4 Å². The molecule has 0 aromatic carbocycles. The number of rotatable bonds is 2. The van der Waals surface area contributed by atoms with Crippen molar-refractivity contribution in [2.24, 2.45) is 0 Å². The van der Waals surface area contributed by atoms with Gasteiger partial charge in [0.2, 0.25) is 0 Å². The first-order chi connectivity index (χ1) is 10.5. The highest BCUT2D eigenvalue weighted by atomic mass is 16.5. The molecule has 2 N–H and O–H groups in total. The Labute approximate surface area is 127 Å². The van der Waals surface area contributed by atoms with Gasteiger partial charge in [-0.25, -0.2) is 9.59 Å². The Morgan fingerprint density at radius 3 is 2.68 bits per heavy atom. The molecule has 0 aromatic heterocycles. The summed E-state index contributed by atoms with van der Waals surface area (Å²) in [5.41, 5.74) is 0. The van der Waals surface area contributed by atoms with Crippen molar-refractivity contribution in [3.8, 4) is 0 Å². The third kappa shape index (κ3) is 2.45. The lowest BCUT2D eigenvalue weighted by Gasteiger charge is -2.34. The molecule has 0 radical (unpaired) electrons. The van der Waals surface area contributed by atoms with E-state index in [0.29, 0.717) is 39.1 Å². The number of esters is 1. The van der Waals surface area contributed by atoms with E-state index in [4.69, 9.17) is 9.84 Å². The van der Waals surface area contributed by atoms with E-state index in [1.165, 1.54) is 12.0 Å². The first-order valence-corrected chi connectivity index (χ1v) is 7.37. The zero-order valence-corrected chi connectivity index (χ0v) is 12.4. The second-order valence-electron chi connectivity index (χ2n) is 5.88. The predicted octanol–water partition coefficient (Wildman–Crippen LogP) is -1.01. The molecule has 0 aliphatic carbocycles. The molecule has 0 bridgehead atoms. The highest BCUT2D eigenvalue weighted by molar-refractivity contribution is 5.79. The van der Waals surface area contributed by atoms with Crippen LogP contribution in [0.2, 0.25) is 0 Å². The van der Waals surface area contributed by atoms with Gasteiger partial charge in [0.1, 0.15) is 6.04 Å². The van der Waals surface area contributed by atoms with Crippen LogP contribution in [-0.2, 0) is 9.53 Å². The molecule has 22 heavy (non-hydrogen) atoms. The molecule has 9 nitrogen and oxygen atoms in total. The van der Waals surface area contributed by atoms with E-state index in [2.05, 4.69) is 5.32 Å². The number of fused-ring (bicyclic) bond motifs is 1. The second-order valence-corrected chi connectivity index (χ2v) is 5.88. The van der Waals surface area contributed by atoms with Gasteiger partial charge in [-0.1, -0.05) is 0 Å². The van der Waals surface area contributed by atoms with E-state index in [1.54, 1.807) is 9.80 Å². The molecule has 122 valence electrons. The summed E-state index contributed by atoms with van der Waals surface area (Å²) in [7, 11) is 1.35. The molecule has 0 spiro atoms. The lowest BCUT2D eigenvalue weighted by atomic mass is 10.1. The molecule has 3 heterocycles. The third-order valence-corrected chi connectivity index (χ3v) is 4.69. The minimum absolute atomic E-state index is 0.0551. The Morgan fingerprint density at radius 1 is 1.23 bits per heavy atom. The van der Waals surface area contributed by atoms with Gasteiger partial charge in [-0.15, -0.1) is 0 Å². The summed E-state index contributed by atoms with van der Waals surface area (Å²) in [5, 5.41) is 12.1. The summed E-state index contributed by atoms with van der Waals surface area (Å²) in [6.07, 6.45) is -0.416. The highest BCUT2D eigenvalue weighted by Gasteiger charge is 2.46. The first kappa shape index (κ1) is 14.9. The van der Waals surface area contributed by atoms with Crippen LogP contribution in [0.5, 0.6) is 0 Å². The molecular formula is C13H20N4O5. The Morgan fingerprint density at radius 2 is 2.00 bits per heavy atom. The fourth-order valence-electron chi connectivity index (χ4n) is 3.49. The Hall–Kier alpha value is -2.03. The summed E-state index contributed by atoms with van der Waals surface area (Å²) in [5.74, 6) is -0.316. The average Bonchev–Trinajstić information content (AvgIpc) is 3.11. The second kappa shape index (κ2) is 5.64. The summed E-state index contributed by atoms with van der Waals surface area (Å²) >= 11 is 0. The smallest absolute Gasteiger partial charge is 0.407 e. The Balaban J connectivity index is 1.64. The van der Waals surface area contributed by atoms with Crippen molar-refractivity contribution >= 4 is 18.1 Å². The molecule has 3 aliphatic rings. The number of urea groups is 1. The first-order valence-electron chi connectivity index (χ1n) is 7.37. The number of hydrogen-bond donors (Lipinski definition) is 2. The van der Waals surface area contributed by atoms with Gasteiger partial charge < -0.3 is 29.9 Å². The highest BCUT2D eigenvalue weighted by Crippen LogP contribution is 2.26. The molecule has 3 saturated heterocycles. The van der Waals surface area contributed by atoms with Gasteiger partial charge in [-0.05, 0) is 6.42 Å². The number of hydrogen-bond acceptors (Lipinski definition) is 5. The maximum atomic E-state index is 12.5. The number of carbonyl (C=O) groups is 3. The van der Waals surface area contributed by atoms with Crippen LogP contribution in [0.15, 0.2) is 0 Å². The maximum absolute atomic E-state index is 12.5. The molecule has 3 aliphatic heterocycles. The summed E-state index contributed by atoms with van der Waals surface area (Å²) < 4.78 is 4.72. The topological polar surface area (TPSA) is 102 Å². The fourth-order valence-corrected chi connectivity index (χ4v) is 3.49. The molecule has 0 saturated carbocycles. The monoisotopic (exact) mass is 312 g/mol. The Kier molecular flexibility index (Phi) is 3.81. The molecule has 9 heteroatoms. The van der Waals surface area contributed by atoms with E-state index < -0.39 is 6.09 Å². The molecular weight excluding hydrogens is 292 g/mol. The summed E-state index contributed by atoms with van der Waals surface area (Å²) in [6, 6.07) is -0.599. The molecule has 0 aromatic rings. The van der Waals surface area contributed by atoms with E-state index in [-0.39, 0.29) is 30.1 Å². The number of piperazine rings is 1. The summed E-state index contributed by atoms with van der Waals surface area (Å²) in [4.78, 5) is 40.0. The minimum Gasteiger partial charge on any atom is -0.468 e. The number of nitrogens with zero attached hydrogens (tertiary/aromatic N) is 3. The van der Waals surface area contributed by atoms with Crippen molar-refractivity contribution in [3.05, 3.63) is 0 Å². The largest absolute Gasteiger partial charge is 0.468 e. The molecule has 3 rings (SSSR count). The van der Waals surface area contributed by atoms with Gasteiger partial charge in [-0.3, -0.25) is 4.79 Å². The Bertz CT molecular complexity index is 499. The SMILES string of the molecule is COC(=O)[C@H]1C[C@@H](N2C[C@@H]3CN(C(=O)O)CCN3C2=O)CN1. The van der Waals surface area contributed by atoms with Crippen LogP contribution in [0.1, 0.15) is 6.42 Å². The number of carboxylic acid groups (broad SMARTS) is 1. The third-order valence-electron chi connectivity index (χ3n) is 4.69. The van der Waals surface area contributed by atoms with Gasteiger partial charge in [0, 0.05) is 38.8 Å². The average molecular weight is 312 g/mol. The number of carbonyl (C=O) groups excluding carboxylic acids is 2. The van der Waals surface area contributed by atoms with Gasteiger partial charge >= 0.3 is 18.1 Å². The fraction of sp³-hybridized carbons (Fsp3) is 0.769. The van der Waals surface area contributed by atoms with Gasteiger partial charge in [0.05, 0.1) is 13.2 Å². The predicted molar refractivity (Wildman–Crippen MR) is 74.4 cm³/mol. The van der Waals surface area contributed by atoms with Crippen LogP contribution in [0.3, 0.4) is 0 Å². The quantitative estimate of drug-likeness (QED) is 0.633. The van der Waals surface area contributed by atoms with Crippen LogP contribution >= 0.6 is 0 Å².